The van der Waals surface area contributed by atoms with Gasteiger partial charge in [-0.25, -0.2) is 0 Å². The van der Waals surface area contributed by atoms with E-state index in [1.54, 1.807) is 17.5 Å². The molecule has 0 N–H and O–H groups in total. The van der Waals surface area contributed by atoms with E-state index < -0.39 is 0 Å². The summed E-state index contributed by atoms with van der Waals surface area (Å²) in [6, 6.07) is 6.23. The van der Waals surface area contributed by atoms with Crippen molar-refractivity contribution in [3.8, 4) is 0 Å². The van der Waals surface area contributed by atoms with Gasteiger partial charge < -0.3 is 0 Å². The van der Waals surface area contributed by atoms with Gasteiger partial charge in [0.1, 0.15) is 0 Å². The molecular weight excluding hydrogens is 166 g/mol. The summed E-state index contributed by atoms with van der Waals surface area (Å²) in [4.78, 5) is 4.07. The van der Waals surface area contributed by atoms with E-state index in [-0.39, 0.29) is 0 Å². The summed E-state index contributed by atoms with van der Waals surface area (Å²) in [6.45, 7) is 0. The molecule has 0 saturated heterocycles. The molecular formula is C10H9NS. The van der Waals surface area contributed by atoms with Crippen molar-refractivity contribution >= 4 is 11.3 Å². The van der Waals surface area contributed by atoms with Crippen LogP contribution in [-0.2, 0) is 6.42 Å². The third-order valence-corrected chi connectivity index (χ3v) is 2.44. The van der Waals surface area contributed by atoms with Crippen LogP contribution in [0.2, 0.25) is 0 Å². The molecule has 0 aromatic carbocycles. The minimum Gasteiger partial charge on any atom is -0.264 e. The SMILES string of the molecule is c1cncc(Cc2ccsc2)c1. The molecule has 0 radical (unpaired) electrons. The van der Waals surface area contributed by atoms with E-state index >= 15 is 0 Å². The standard InChI is InChI=1S/C10H9NS/c1-2-9(7-11-4-1)6-10-3-5-12-8-10/h1-5,7-8H,6H2. The molecule has 0 bridgehead atoms. The second kappa shape index (κ2) is 3.50. The Morgan fingerprint density at radius 1 is 1.25 bits per heavy atom. The van der Waals surface area contributed by atoms with Crippen molar-refractivity contribution in [2.24, 2.45) is 0 Å². The van der Waals surface area contributed by atoms with Gasteiger partial charge in [0.05, 0.1) is 0 Å². The first-order chi connectivity index (χ1) is 5.95. The Labute approximate surface area is 75.7 Å². The Kier molecular flexibility index (Phi) is 2.19. The average Bonchev–Trinajstić information content (AvgIpc) is 2.59. The van der Waals surface area contributed by atoms with E-state index in [0.717, 1.165) is 6.42 Å². The second-order valence-electron chi connectivity index (χ2n) is 2.67. The van der Waals surface area contributed by atoms with Crippen LogP contribution in [0, 0.1) is 0 Å². The highest BCUT2D eigenvalue weighted by Gasteiger charge is 1.94. The molecule has 60 valence electrons. The fourth-order valence-corrected chi connectivity index (χ4v) is 1.80. The third-order valence-electron chi connectivity index (χ3n) is 1.71. The average molecular weight is 175 g/mol. The van der Waals surface area contributed by atoms with Crippen molar-refractivity contribution < 1.29 is 0 Å². The van der Waals surface area contributed by atoms with Crippen LogP contribution >= 0.6 is 11.3 Å². The molecule has 2 heteroatoms. The van der Waals surface area contributed by atoms with E-state index in [0.29, 0.717) is 0 Å². The van der Waals surface area contributed by atoms with Gasteiger partial charge in [-0.2, -0.15) is 11.3 Å². The Balaban J connectivity index is 2.15. The van der Waals surface area contributed by atoms with Crippen LogP contribution in [0.15, 0.2) is 41.4 Å². The Bertz CT molecular complexity index is 326. The van der Waals surface area contributed by atoms with Gasteiger partial charge in [0.2, 0.25) is 0 Å². The van der Waals surface area contributed by atoms with Crippen LogP contribution in [-0.4, -0.2) is 4.98 Å². The zero-order valence-electron chi connectivity index (χ0n) is 6.60. The number of rotatable bonds is 2. The number of pyridine rings is 1. The molecule has 0 aliphatic heterocycles. The van der Waals surface area contributed by atoms with E-state index in [1.807, 2.05) is 12.3 Å². The van der Waals surface area contributed by atoms with Crippen molar-refractivity contribution in [2.75, 3.05) is 0 Å². The predicted molar refractivity (Wildman–Crippen MR) is 51.4 cm³/mol. The summed E-state index contributed by atoms with van der Waals surface area (Å²) < 4.78 is 0. The van der Waals surface area contributed by atoms with E-state index in [9.17, 15) is 0 Å². The molecule has 2 rings (SSSR count). The van der Waals surface area contributed by atoms with Gasteiger partial charge in [-0.15, -0.1) is 0 Å². The molecule has 0 aliphatic carbocycles. The highest BCUT2D eigenvalue weighted by Crippen LogP contribution is 2.11. The quantitative estimate of drug-likeness (QED) is 0.684. The molecule has 0 atom stereocenters. The first-order valence-corrected chi connectivity index (χ1v) is 4.79. The molecule has 12 heavy (non-hydrogen) atoms. The van der Waals surface area contributed by atoms with Crippen LogP contribution in [0.3, 0.4) is 0 Å². The first kappa shape index (κ1) is 7.50. The van der Waals surface area contributed by atoms with Crippen LogP contribution < -0.4 is 0 Å². The lowest BCUT2D eigenvalue weighted by Gasteiger charge is -1.95. The largest absolute Gasteiger partial charge is 0.264 e. The summed E-state index contributed by atoms with van der Waals surface area (Å²) in [6.07, 6.45) is 4.71. The first-order valence-electron chi connectivity index (χ1n) is 3.85. The van der Waals surface area contributed by atoms with E-state index in [4.69, 9.17) is 0 Å². The van der Waals surface area contributed by atoms with Gasteiger partial charge in [0.15, 0.2) is 0 Å². The predicted octanol–water partition coefficient (Wildman–Crippen LogP) is 2.73. The molecule has 0 amide bonds. The minimum absolute atomic E-state index is 0.997. The van der Waals surface area contributed by atoms with Crippen molar-refractivity contribution in [3.63, 3.8) is 0 Å². The summed E-state index contributed by atoms with van der Waals surface area (Å²) >= 11 is 1.74. The highest BCUT2D eigenvalue weighted by atomic mass is 32.1. The van der Waals surface area contributed by atoms with Crippen molar-refractivity contribution in [1.29, 1.82) is 0 Å². The summed E-state index contributed by atoms with van der Waals surface area (Å²) in [5.41, 5.74) is 2.64. The Morgan fingerprint density at radius 3 is 2.92 bits per heavy atom. The maximum absolute atomic E-state index is 4.07. The van der Waals surface area contributed by atoms with Crippen molar-refractivity contribution in [2.45, 2.75) is 6.42 Å². The zero-order chi connectivity index (χ0) is 8.23. The Morgan fingerprint density at radius 2 is 2.25 bits per heavy atom. The van der Waals surface area contributed by atoms with Gasteiger partial charge in [-0.3, -0.25) is 4.98 Å². The number of hydrogen-bond donors (Lipinski definition) is 0. The molecule has 0 aliphatic rings. The molecule has 1 nitrogen and oxygen atoms in total. The number of aromatic nitrogens is 1. The normalized spacial score (nSPS) is 10.0. The Hall–Kier alpha value is -1.15. The number of hydrogen-bond acceptors (Lipinski definition) is 2. The van der Waals surface area contributed by atoms with Crippen molar-refractivity contribution in [3.05, 3.63) is 52.5 Å². The molecule has 0 spiro atoms. The van der Waals surface area contributed by atoms with Crippen LogP contribution in [0.25, 0.3) is 0 Å². The molecule has 0 fully saturated rings. The summed E-state index contributed by atoms with van der Waals surface area (Å²) in [5.74, 6) is 0. The van der Waals surface area contributed by atoms with Crippen LogP contribution in [0.1, 0.15) is 11.1 Å². The van der Waals surface area contributed by atoms with Gasteiger partial charge >= 0.3 is 0 Å². The fraction of sp³-hybridized carbons (Fsp3) is 0.100. The third kappa shape index (κ3) is 1.71. The fourth-order valence-electron chi connectivity index (χ4n) is 1.13. The van der Waals surface area contributed by atoms with Gasteiger partial charge in [-0.05, 0) is 40.4 Å². The smallest absolute Gasteiger partial charge is 0.0303 e. The molecule has 2 heterocycles. The molecule has 0 unspecified atom stereocenters. The lowest BCUT2D eigenvalue weighted by atomic mass is 10.1. The second-order valence-corrected chi connectivity index (χ2v) is 3.45. The van der Waals surface area contributed by atoms with Crippen LogP contribution in [0.5, 0.6) is 0 Å². The van der Waals surface area contributed by atoms with Crippen molar-refractivity contribution in [1.82, 2.24) is 4.98 Å². The lowest BCUT2D eigenvalue weighted by molar-refractivity contribution is 1.16. The van der Waals surface area contributed by atoms with Gasteiger partial charge in [0, 0.05) is 12.4 Å². The maximum atomic E-state index is 4.07. The highest BCUT2D eigenvalue weighted by molar-refractivity contribution is 7.07. The number of thiophene rings is 1. The zero-order valence-corrected chi connectivity index (χ0v) is 7.42. The molecule has 0 saturated carbocycles. The molecule has 2 aromatic rings. The van der Waals surface area contributed by atoms with E-state index in [1.165, 1.54) is 11.1 Å². The summed E-state index contributed by atoms with van der Waals surface area (Å²) in [7, 11) is 0. The summed E-state index contributed by atoms with van der Waals surface area (Å²) in [5, 5.41) is 4.28. The minimum atomic E-state index is 0.997. The topological polar surface area (TPSA) is 12.9 Å². The lowest BCUT2D eigenvalue weighted by Crippen LogP contribution is -1.85. The maximum Gasteiger partial charge on any atom is 0.0303 e. The van der Waals surface area contributed by atoms with Crippen LogP contribution in [0.4, 0.5) is 0 Å². The number of nitrogens with zero attached hydrogens (tertiary/aromatic N) is 1. The van der Waals surface area contributed by atoms with Gasteiger partial charge in [0.25, 0.3) is 0 Å². The van der Waals surface area contributed by atoms with Gasteiger partial charge in [-0.1, -0.05) is 6.07 Å². The monoisotopic (exact) mass is 175 g/mol. The van der Waals surface area contributed by atoms with E-state index in [2.05, 4.69) is 27.9 Å². The molecule has 2 aromatic heterocycles.